The molecule has 3 N–H and O–H groups in total. The fraction of sp³-hybridized carbons (Fsp3) is 0.417. The predicted molar refractivity (Wildman–Crippen MR) is 129 cm³/mol. The van der Waals surface area contributed by atoms with Crippen molar-refractivity contribution in [3.05, 3.63) is 53.0 Å². The van der Waals surface area contributed by atoms with Crippen molar-refractivity contribution in [2.24, 2.45) is 5.92 Å². The highest BCUT2D eigenvalue weighted by Crippen LogP contribution is 2.43. The Bertz CT molecular complexity index is 1200. The SMILES string of the molecule is O=C1CCC(C(=O)NCc2cnc(-c3ccc(NCC4(c5ncccc5F)CCC4)nn3)s2)CN1. The van der Waals surface area contributed by atoms with Crippen LogP contribution in [-0.2, 0) is 21.5 Å². The summed E-state index contributed by atoms with van der Waals surface area (Å²) in [5, 5.41) is 18.2. The third-order valence-corrected chi connectivity index (χ3v) is 7.71. The molecule has 0 bridgehead atoms. The zero-order chi connectivity index (χ0) is 24.3. The Morgan fingerprint density at radius 2 is 2.11 bits per heavy atom. The molecule has 0 aromatic carbocycles. The van der Waals surface area contributed by atoms with Crippen LogP contribution in [0, 0.1) is 11.7 Å². The Morgan fingerprint density at radius 1 is 1.23 bits per heavy atom. The van der Waals surface area contributed by atoms with Gasteiger partial charge in [0.25, 0.3) is 0 Å². The van der Waals surface area contributed by atoms with E-state index < -0.39 is 0 Å². The number of anilines is 1. The van der Waals surface area contributed by atoms with E-state index in [-0.39, 0.29) is 29.0 Å². The predicted octanol–water partition coefficient (Wildman–Crippen LogP) is 2.81. The Balaban J connectivity index is 1.16. The third kappa shape index (κ3) is 5.14. The molecule has 3 aromatic rings. The summed E-state index contributed by atoms with van der Waals surface area (Å²) in [6, 6.07) is 6.75. The van der Waals surface area contributed by atoms with Gasteiger partial charge in [-0.05, 0) is 43.5 Å². The molecule has 9 nitrogen and oxygen atoms in total. The molecule has 1 saturated carbocycles. The number of piperidine rings is 1. The number of rotatable bonds is 8. The molecule has 5 rings (SSSR count). The third-order valence-electron chi connectivity index (χ3n) is 6.69. The molecule has 0 radical (unpaired) electrons. The lowest BCUT2D eigenvalue weighted by atomic mass is 9.66. The first-order valence-electron chi connectivity index (χ1n) is 11.7. The van der Waals surface area contributed by atoms with Crippen molar-refractivity contribution in [1.29, 1.82) is 0 Å². The summed E-state index contributed by atoms with van der Waals surface area (Å²) in [7, 11) is 0. The van der Waals surface area contributed by atoms with Crippen LogP contribution >= 0.6 is 11.3 Å². The van der Waals surface area contributed by atoms with E-state index in [1.54, 1.807) is 18.5 Å². The minimum atomic E-state index is -0.316. The van der Waals surface area contributed by atoms with Crippen molar-refractivity contribution in [3.8, 4) is 10.7 Å². The van der Waals surface area contributed by atoms with Gasteiger partial charge in [-0.1, -0.05) is 6.42 Å². The second kappa shape index (κ2) is 10.0. The highest BCUT2D eigenvalue weighted by Gasteiger charge is 2.41. The Hall–Kier alpha value is -3.47. The lowest BCUT2D eigenvalue weighted by Crippen LogP contribution is -2.42. The summed E-state index contributed by atoms with van der Waals surface area (Å²) < 4.78 is 14.3. The van der Waals surface area contributed by atoms with Crippen molar-refractivity contribution in [3.63, 3.8) is 0 Å². The Labute approximate surface area is 206 Å². The zero-order valence-electron chi connectivity index (χ0n) is 19.1. The van der Waals surface area contributed by atoms with Gasteiger partial charge in [0.05, 0.1) is 18.2 Å². The quantitative estimate of drug-likeness (QED) is 0.439. The number of hydrogen-bond acceptors (Lipinski definition) is 8. The summed E-state index contributed by atoms with van der Waals surface area (Å²) in [5.41, 5.74) is 0.838. The summed E-state index contributed by atoms with van der Waals surface area (Å²) >= 11 is 1.44. The summed E-state index contributed by atoms with van der Waals surface area (Å²) in [6.45, 7) is 1.30. The van der Waals surface area contributed by atoms with Crippen LogP contribution in [0.1, 0.15) is 42.7 Å². The second-order valence-electron chi connectivity index (χ2n) is 9.01. The number of amides is 2. The van der Waals surface area contributed by atoms with Crippen LogP contribution in [0.3, 0.4) is 0 Å². The molecule has 1 saturated heterocycles. The van der Waals surface area contributed by atoms with Gasteiger partial charge >= 0.3 is 0 Å². The zero-order valence-corrected chi connectivity index (χ0v) is 19.9. The minimum Gasteiger partial charge on any atom is -0.368 e. The molecule has 1 unspecified atom stereocenters. The first-order valence-corrected chi connectivity index (χ1v) is 12.5. The first kappa shape index (κ1) is 23.3. The van der Waals surface area contributed by atoms with Crippen LogP contribution in [0.5, 0.6) is 0 Å². The average molecular weight is 496 g/mol. The number of carbonyl (C=O) groups is 2. The number of thiazole rings is 1. The van der Waals surface area contributed by atoms with Crippen LogP contribution in [0.4, 0.5) is 10.2 Å². The van der Waals surface area contributed by atoms with Crippen molar-refractivity contribution in [2.45, 2.75) is 44.1 Å². The maximum atomic E-state index is 14.3. The molecule has 2 fully saturated rings. The fourth-order valence-corrected chi connectivity index (χ4v) is 5.28. The molecule has 4 heterocycles. The maximum absolute atomic E-state index is 14.3. The number of hydrogen-bond donors (Lipinski definition) is 3. The van der Waals surface area contributed by atoms with E-state index >= 15 is 0 Å². The molecule has 3 aromatic heterocycles. The van der Waals surface area contributed by atoms with Gasteiger partial charge in [-0.2, -0.15) is 0 Å². The van der Waals surface area contributed by atoms with Gasteiger partial charge in [0.15, 0.2) is 0 Å². The molecule has 0 spiro atoms. The van der Waals surface area contributed by atoms with Gasteiger partial charge < -0.3 is 16.0 Å². The fourth-order valence-electron chi connectivity index (χ4n) is 4.46. The van der Waals surface area contributed by atoms with Crippen LogP contribution in [0.15, 0.2) is 36.7 Å². The van der Waals surface area contributed by atoms with Crippen LogP contribution in [0.2, 0.25) is 0 Å². The van der Waals surface area contributed by atoms with E-state index in [2.05, 4.69) is 36.1 Å². The molecule has 35 heavy (non-hydrogen) atoms. The normalized spacial score (nSPS) is 18.9. The summed E-state index contributed by atoms with van der Waals surface area (Å²) in [4.78, 5) is 33.2. The maximum Gasteiger partial charge on any atom is 0.225 e. The highest BCUT2D eigenvalue weighted by molar-refractivity contribution is 7.15. The Kier molecular flexibility index (Phi) is 6.67. The minimum absolute atomic E-state index is 0.00637. The van der Waals surface area contributed by atoms with Gasteiger partial charge in [-0.25, -0.2) is 9.37 Å². The van der Waals surface area contributed by atoms with E-state index in [1.165, 1.54) is 17.4 Å². The van der Waals surface area contributed by atoms with E-state index in [1.807, 2.05) is 12.1 Å². The number of nitrogens with zero attached hydrogens (tertiary/aromatic N) is 4. The van der Waals surface area contributed by atoms with E-state index in [9.17, 15) is 14.0 Å². The van der Waals surface area contributed by atoms with Gasteiger partial charge in [0.2, 0.25) is 11.8 Å². The van der Waals surface area contributed by atoms with Crippen LogP contribution in [0.25, 0.3) is 10.7 Å². The molecule has 2 aliphatic rings. The largest absolute Gasteiger partial charge is 0.368 e. The Morgan fingerprint density at radius 3 is 2.80 bits per heavy atom. The molecule has 1 atom stereocenters. The van der Waals surface area contributed by atoms with Gasteiger partial charge in [0.1, 0.15) is 22.3 Å². The molecular formula is C24H26FN7O2S. The first-order chi connectivity index (χ1) is 17.0. The molecule has 2 amide bonds. The van der Waals surface area contributed by atoms with Crippen LogP contribution < -0.4 is 16.0 Å². The highest BCUT2D eigenvalue weighted by atomic mass is 32.1. The van der Waals surface area contributed by atoms with E-state index in [0.29, 0.717) is 54.7 Å². The van der Waals surface area contributed by atoms with Crippen molar-refractivity contribution < 1.29 is 14.0 Å². The number of carbonyl (C=O) groups excluding carboxylic acids is 2. The number of nitrogens with one attached hydrogen (secondary N) is 3. The molecule has 11 heteroatoms. The molecular weight excluding hydrogens is 469 g/mol. The second-order valence-corrected chi connectivity index (χ2v) is 10.1. The van der Waals surface area contributed by atoms with Crippen molar-refractivity contribution in [2.75, 3.05) is 18.4 Å². The summed E-state index contributed by atoms with van der Waals surface area (Å²) in [5.74, 6) is 0.0778. The van der Waals surface area contributed by atoms with Gasteiger partial charge in [-0.3, -0.25) is 14.6 Å². The molecule has 182 valence electrons. The van der Waals surface area contributed by atoms with Crippen LogP contribution in [-0.4, -0.2) is 45.1 Å². The van der Waals surface area contributed by atoms with Crippen molar-refractivity contribution >= 4 is 29.0 Å². The number of halogens is 1. The van der Waals surface area contributed by atoms with Gasteiger partial charge in [-0.15, -0.1) is 21.5 Å². The monoisotopic (exact) mass is 495 g/mol. The van der Waals surface area contributed by atoms with Crippen molar-refractivity contribution in [1.82, 2.24) is 30.8 Å². The lowest BCUT2D eigenvalue weighted by molar-refractivity contribution is -0.129. The molecule has 1 aliphatic carbocycles. The van der Waals surface area contributed by atoms with E-state index in [4.69, 9.17) is 0 Å². The van der Waals surface area contributed by atoms with Gasteiger partial charge in [0, 0.05) is 42.2 Å². The standard InChI is InChI=1S/C24H26FN7O2S/c25-17-3-1-10-26-21(17)24(8-2-9-24)14-30-19-6-5-18(31-32-19)23-29-13-16(35-23)12-28-22(34)15-4-7-20(33)27-11-15/h1,3,5-6,10,13,15H,2,4,7-9,11-12,14H2,(H,27,33)(H,28,34)(H,30,32). The smallest absolute Gasteiger partial charge is 0.225 e. The van der Waals surface area contributed by atoms with E-state index in [0.717, 1.165) is 24.1 Å². The average Bonchev–Trinajstić information content (AvgIpc) is 3.33. The topological polar surface area (TPSA) is 122 Å². The lowest BCUT2D eigenvalue weighted by Gasteiger charge is -2.41. The number of pyridine rings is 1. The summed E-state index contributed by atoms with van der Waals surface area (Å²) in [6.07, 6.45) is 7.12. The number of aromatic nitrogens is 4. The molecule has 1 aliphatic heterocycles.